The number of nitrogens with one attached hydrogen (secondary N) is 1. The molecular weight excluding hydrogens is 317 g/mol. The van der Waals surface area contributed by atoms with Crippen molar-refractivity contribution in [3.63, 3.8) is 0 Å². The third-order valence-electron chi connectivity index (χ3n) is 4.41. The minimum Gasteiger partial charge on any atom is -0.349 e. The lowest BCUT2D eigenvalue weighted by Crippen LogP contribution is -2.38. The van der Waals surface area contributed by atoms with Gasteiger partial charge in [0.1, 0.15) is 15.7 Å². The summed E-state index contributed by atoms with van der Waals surface area (Å²) in [5, 5.41) is 2.90. The maximum atomic E-state index is 14.2. The van der Waals surface area contributed by atoms with Gasteiger partial charge in [0, 0.05) is 17.7 Å². The number of carbonyl (C=O) groups is 1. The molecule has 0 aromatic heterocycles. The van der Waals surface area contributed by atoms with Crippen LogP contribution in [0.25, 0.3) is 0 Å². The van der Waals surface area contributed by atoms with Gasteiger partial charge >= 0.3 is 0 Å². The average molecular weight is 341 g/mol. The minimum absolute atomic E-state index is 0.196. The van der Waals surface area contributed by atoms with E-state index in [2.05, 4.69) is 5.32 Å². The Morgan fingerprint density at radius 2 is 1.91 bits per heavy atom. The van der Waals surface area contributed by atoms with Gasteiger partial charge in [-0.2, -0.15) is 0 Å². The van der Waals surface area contributed by atoms with Crippen LogP contribution >= 0.6 is 0 Å². The van der Waals surface area contributed by atoms with Crippen LogP contribution in [0.4, 0.5) is 4.39 Å². The summed E-state index contributed by atoms with van der Waals surface area (Å²) in [6.07, 6.45) is 5.15. The lowest BCUT2D eigenvalue weighted by molar-refractivity contribution is -0.125. The molecule has 1 aliphatic carbocycles. The summed E-state index contributed by atoms with van der Waals surface area (Å²) in [4.78, 5) is 12.4. The molecule has 0 unspecified atom stereocenters. The highest BCUT2D eigenvalue weighted by atomic mass is 32.2. The summed E-state index contributed by atoms with van der Waals surface area (Å²) in [7, 11) is -3.23. The SMILES string of the molecule is C[C@H](CS(C)(=O)=O)C(=O)N[C@H](c1ccccc1F)C1CCCC1. The third-order valence-corrected chi connectivity index (χ3v) is 5.52. The quantitative estimate of drug-likeness (QED) is 0.865. The van der Waals surface area contributed by atoms with E-state index in [1.54, 1.807) is 25.1 Å². The predicted molar refractivity (Wildman–Crippen MR) is 88.1 cm³/mol. The minimum atomic E-state index is -3.23. The monoisotopic (exact) mass is 341 g/mol. The molecule has 1 fully saturated rings. The molecule has 1 aromatic rings. The van der Waals surface area contributed by atoms with Crippen molar-refractivity contribution in [3.8, 4) is 0 Å². The molecule has 2 rings (SSSR count). The number of hydrogen-bond acceptors (Lipinski definition) is 3. The van der Waals surface area contributed by atoms with Crippen molar-refractivity contribution in [2.75, 3.05) is 12.0 Å². The van der Waals surface area contributed by atoms with E-state index in [9.17, 15) is 17.6 Å². The van der Waals surface area contributed by atoms with Gasteiger partial charge in [-0.3, -0.25) is 4.79 Å². The standard InChI is InChI=1S/C17H24FNO3S/c1-12(11-23(2,21)22)17(20)19-16(13-7-3-4-8-13)14-9-5-6-10-15(14)18/h5-6,9-10,12-13,16H,3-4,7-8,11H2,1-2H3,(H,19,20)/t12-,16+/m1/s1. The van der Waals surface area contributed by atoms with Gasteiger partial charge in [-0.25, -0.2) is 12.8 Å². The average Bonchev–Trinajstić information content (AvgIpc) is 2.97. The third kappa shape index (κ3) is 5.03. The highest BCUT2D eigenvalue weighted by Gasteiger charge is 2.31. The van der Waals surface area contributed by atoms with Gasteiger partial charge in [0.15, 0.2) is 0 Å². The van der Waals surface area contributed by atoms with Crippen molar-refractivity contribution in [1.29, 1.82) is 0 Å². The zero-order chi connectivity index (χ0) is 17.0. The molecule has 6 heteroatoms. The Bertz CT molecular complexity index is 654. The van der Waals surface area contributed by atoms with Gasteiger partial charge in [-0.1, -0.05) is 38.0 Å². The van der Waals surface area contributed by atoms with Gasteiger partial charge in [0.05, 0.1) is 11.8 Å². The molecule has 0 bridgehead atoms. The molecular formula is C17H24FNO3S. The predicted octanol–water partition coefficient (Wildman–Crippen LogP) is 2.85. The molecule has 0 heterocycles. The zero-order valence-electron chi connectivity index (χ0n) is 13.6. The van der Waals surface area contributed by atoms with E-state index >= 15 is 0 Å². The first-order chi connectivity index (χ1) is 10.8. The molecule has 1 saturated carbocycles. The van der Waals surface area contributed by atoms with E-state index in [0.29, 0.717) is 5.56 Å². The highest BCUT2D eigenvalue weighted by molar-refractivity contribution is 7.90. The molecule has 0 saturated heterocycles. The first kappa shape index (κ1) is 17.9. The summed E-state index contributed by atoms with van der Waals surface area (Å²) >= 11 is 0. The molecule has 128 valence electrons. The van der Waals surface area contributed by atoms with Gasteiger partial charge in [-0.05, 0) is 24.8 Å². The van der Waals surface area contributed by atoms with Crippen molar-refractivity contribution < 1.29 is 17.6 Å². The second kappa shape index (κ2) is 7.43. The highest BCUT2D eigenvalue weighted by Crippen LogP contribution is 2.36. The van der Waals surface area contributed by atoms with E-state index in [1.807, 2.05) is 0 Å². The van der Waals surface area contributed by atoms with Crippen LogP contribution in [-0.4, -0.2) is 26.3 Å². The number of rotatable bonds is 6. The van der Waals surface area contributed by atoms with Crippen molar-refractivity contribution in [3.05, 3.63) is 35.6 Å². The van der Waals surface area contributed by atoms with Gasteiger partial charge in [0.2, 0.25) is 5.91 Å². The van der Waals surface area contributed by atoms with E-state index in [0.717, 1.165) is 31.9 Å². The smallest absolute Gasteiger partial charge is 0.224 e. The van der Waals surface area contributed by atoms with Crippen LogP contribution in [0.15, 0.2) is 24.3 Å². The molecule has 4 nitrogen and oxygen atoms in total. The summed E-state index contributed by atoms with van der Waals surface area (Å²) in [5.74, 6) is -1.33. The van der Waals surface area contributed by atoms with Crippen LogP contribution in [0.1, 0.15) is 44.2 Å². The molecule has 2 atom stereocenters. The van der Waals surface area contributed by atoms with Crippen molar-refractivity contribution >= 4 is 15.7 Å². The maximum Gasteiger partial charge on any atom is 0.224 e. The normalized spacial score (nSPS) is 18.6. The number of benzene rings is 1. The van der Waals surface area contributed by atoms with Crippen LogP contribution in [0.2, 0.25) is 0 Å². The Kier molecular flexibility index (Phi) is 5.79. The second-order valence-electron chi connectivity index (χ2n) is 6.55. The number of amides is 1. The number of halogens is 1. The molecule has 0 spiro atoms. The number of hydrogen-bond donors (Lipinski definition) is 1. The Morgan fingerprint density at radius 3 is 2.48 bits per heavy atom. The Labute approximate surface area is 137 Å². The van der Waals surface area contributed by atoms with Crippen molar-refractivity contribution in [1.82, 2.24) is 5.32 Å². The number of sulfone groups is 1. The Balaban J connectivity index is 2.18. The summed E-state index contributed by atoms with van der Waals surface area (Å²) in [6.45, 7) is 1.59. The van der Waals surface area contributed by atoms with Crippen molar-refractivity contribution in [2.24, 2.45) is 11.8 Å². The lowest BCUT2D eigenvalue weighted by atomic mass is 9.90. The van der Waals surface area contributed by atoms with Crippen LogP contribution in [0.5, 0.6) is 0 Å². The Hall–Kier alpha value is -1.43. The molecule has 1 N–H and O–H groups in total. The molecule has 0 radical (unpaired) electrons. The molecule has 1 aliphatic rings. The topological polar surface area (TPSA) is 63.2 Å². The fourth-order valence-corrected chi connectivity index (χ4v) is 4.35. The fourth-order valence-electron chi connectivity index (χ4n) is 3.29. The zero-order valence-corrected chi connectivity index (χ0v) is 14.4. The Morgan fingerprint density at radius 1 is 1.30 bits per heavy atom. The van der Waals surface area contributed by atoms with Crippen LogP contribution < -0.4 is 5.32 Å². The molecule has 1 aromatic carbocycles. The van der Waals surface area contributed by atoms with Gasteiger partial charge in [-0.15, -0.1) is 0 Å². The van der Waals surface area contributed by atoms with Crippen molar-refractivity contribution in [2.45, 2.75) is 38.6 Å². The summed E-state index contributed by atoms with van der Waals surface area (Å²) in [6, 6.07) is 6.07. The maximum absolute atomic E-state index is 14.2. The van der Waals surface area contributed by atoms with Crippen LogP contribution in [0.3, 0.4) is 0 Å². The first-order valence-corrected chi connectivity index (χ1v) is 10.1. The molecule has 0 aliphatic heterocycles. The largest absolute Gasteiger partial charge is 0.349 e. The van der Waals surface area contributed by atoms with E-state index in [1.165, 1.54) is 6.07 Å². The van der Waals surface area contributed by atoms with Crippen LogP contribution in [0, 0.1) is 17.7 Å². The number of carbonyl (C=O) groups excluding carboxylic acids is 1. The first-order valence-electron chi connectivity index (χ1n) is 8.00. The van der Waals surface area contributed by atoms with Gasteiger partial charge in [0.25, 0.3) is 0 Å². The molecule has 1 amide bonds. The van der Waals surface area contributed by atoms with E-state index in [4.69, 9.17) is 0 Å². The molecule has 23 heavy (non-hydrogen) atoms. The summed E-state index contributed by atoms with van der Waals surface area (Å²) in [5.41, 5.74) is 0.485. The summed E-state index contributed by atoms with van der Waals surface area (Å²) < 4.78 is 36.9. The van der Waals surface area contributed by atoms with E-state index < -0.39 is 21.8 Å². The van der Waals surface area contributed by atoms with Gasteiger partial charge < -0.3 is 5.32 Å². The second-order valence-corrected chi connectivity index (χ2v) is 8.73. The van der Waals surface area contributed by atoms with E-state index in [-0.39, 0.29) is 23.4 Å². The fraction of sp³-hybridized carbons (Fsp3) is 0.588. The lowest BCUT2D eigenvalue weighted by Gasteiger charge is -2.27. The van der Waals surface area contributed by atoms with Crippen LogP contribution in [-0.2, 0) is 14.6 Å².